The number of nitrogens with one attached hydrogen (secondary N) is 2. The molecule has 3 rings (SSSR count). The van der Waals surface area contributed by atoms with Gasteiger partial charge in [0.15, 0.2) is 18.1 Å². The van der Waals surface area contributed by atoms with Crippen LogP contribution in [0.4, 0.5) is 15.8 Å². The molecule has 0 saturated heterocycles. The van der Waals surface area contributed by atoms with Gasteiger partial charge in [0.05, 0.1) is 12.8 Å². The van der Waals surface area contributed by atoms with Crippen molar-refractivity contribution in [3.8, 4) is 17.6 Å². The number of benzene rings is 3. The predicted octanol–water partition coefficient (Wildman–Crippen LogP) is 4.71. The van der Waals surface area contributed by atoms with Gasteiger partial charge < -0.3 is 20.1 Å². The van der Waals surface area contributed by atoms with Crippen LogP contribution in [-0.4, -0.2) is 25.5 Å². The summed E-state index contributed by atoms with van der Waals surface area (Å²) in [6.07, 6.45) is 1.42. The highest BCUT2D eigenvalue weighted by Gasteiger charge is 2.13. The van der Waals surface area contributed by atoms with E-state index < -0.39 is 17.6 Å². The van der Waals surface area contributed by atoms with E-state index in [9.17, 15) is 19.2 Å². The Balaban J connectivity index is 1.68. The molecule has 0 aromatic heterocycles. The number of para-hydroxylation sites is 1. The molecule has 0 radical (unpaired) electrons. The molecule has 0 fully saturated rings. The van der Waals surface area contributed by atoms with Crippen molar-refractivity contribution in [1.29, 1.82) is 5.26 Å². The fourth-order valence-electron chi connectivity index (χ4n) is 3.02. The molecule has 3 aromatic carbocycles. The highest BCUT2D eigenvalue weighted by molar-refractivity contribution is 6.09. The van der Waals surface area contributed by atoms with Crippen molar-refractivity contribution < 1.29 is 23.5 Å². The van der Waals surface area contributed by atoms with Gasteiger partial charge in [0.1, 0.15) is 17.5 Å². The van der Waals surface area contributed by atoms with Gasteiger partial charge in [-0.15, -0.1) is 0 Å². The van der Waals surface area contributed by atoms with Crippen molar-refractivity contribution in [3.05, 3.63) is 89.2 Å². The second-order valence-electron chi connectivity index (χ2n) is 7.22. The van der Waals surface area contributed by atoms with Crippen LogP contribution in [0.3, 0.4) is 0 Å². The molecule has 8 heteroatoms. The minimum absolute atomic E-state index is 0.0523. The third-order valence-electron chi connectivity index (χ3n) is 4.65. The summed E-state index contributed by atoms with van der Waals surface area (Å²) in [7, 11) is 1.42. The van der Waals surface area contributed by atoms with E-state index in [1.54, 1.807) is 42.5 Å². The van der Waals surface area contributed by atoms with Crippen LogP contribution >= 0.6 is 0 Å². The maximum absolute atomic E-state index is 13.7. The number of amides is 2. The number of carbonyl (C=O) groups is 2. The normalized spacial score (nSPS) is 10.7. The number of nitriles is 1. The SMILES string of the molecule is COc1cc(/C=C(\C#N)C(=O)Nc2cccc(C)c2)ccc1OCC(=O)Nc1ccccc1F. The summed E-state index contributed by atoms with van der Waals surface area (Å²) in [5.74, 6) is -1.08. The van der Waals surface area contributed by atoms with Crippen LogP contribution in [-0.2, 0) is 9.59 Å². The molecule has 2 amide bonds. The number of methoxy groups -OCH3 is 1. The van der Waals surface area contributed by atoms with Gasteiger partial charge in [0, 0.05) is 5.69 Å². The fourth-order valence-corrected chi connectivity index (χ4v) is 3.02. The monoisotopic (exact) mass is 459 g/mol. The molecule has 2 N–H and O–H groups in total. The summed E-state index contributed by atoms with van der Waals surface area (Å²) in [6, 6.07) is 19.7. The molecule has 7 nitrogen and oxygen atoms in total. The number of ether oxygens (including phenoxy) is 2. The van der Waals surface area contributed by atoms with Crippen LogP contribution in [0.2, 0.25) is 0 Å². The average Bonchev–Trinajstić information content (AvgIpc) is 2.82. The summed E-state index contributed by atoms with van der Waals surface area (Å²) >= 11 is 0. The first-order valence-electron chi connectivity index (χ1n) is 10.2. The number of hydrogen-bond acceptors (Lipinski definition) is 5. The molecule has 0 aliphatic heterocycles. The van der Waals surface area contributed by atoms with Gasteiger partial charge in [0.2, 0.25) is 0 Å². The number of aryl methyl sites for hydroxylation is 1. The maximum Gasteiger partial charge on any atom is 0.266 e. The summed E-state index contributed by atoms with van der Waals surface area (Å²) in [4.78, 5) is 24.6. The first-order valence-corrected chi connectivity index (χ1v) is 10.2. The molecule has 34 heavy (non-hydrogen) atoms. The van der Waals surface area contributed by atoms with E-state index in [4.69, 9.17) is 9.47 Å². The van der Waals surface area contributed by atoms with E-state index in [2.05, 4.69) is 10.6 Å². The van der Waals surface area contributed by atoms with Crippen molar-refractivity contribution >= 4 is 29.3 Å². The lowest BCUT2D eigenvalue weighted by Crippen LogP contribution is -2.20. The molecule has 0 heterocycles. The highest BCUT2D eigenvalue weighted by Crippen LogP contribution is 2.29. The summed E-state index contributed by atoms with van der Waals surface area (Å²) in [6.45, 7) is 1.53. The minimum Gasteiger partial charge on any atom is -0.493 e. The number of anilines is 2. The zero-order chi connectivity index (χ0) is 24.5. The van der Waals surface area contributed by atoms with E-state index in [-0.39, 0.29) is 23.6 Å². The quantitative estimate of drug-likeness (QED) is 0.376. The molecular weight excluding hydrogens is 437 g/mol. The molecule has 172 valence electrons. The molecule has 0 unspecified atom stereocenters. The highest BCUT2D eigenvalue weighted by atomic mass is 19.1. The van der Waals surface area contributed by atoms with Gasteiger partial charge in [-0.1, -0.05) is 30.3 Å². The second kappa shape index (κ2) is 11.3. The first kappa shape index (κ1) is 24.0. The topological polar surface area (TPSA) is 100 Å². The predicted molar refractivity (Wildman–Crippen MR) is 127 cm³/mol. The van der Waals surface area contributed by atoms with Gasteiger partial charge in [0.25, 0.3) is 11.8 Å². The number of nitrogens with zero attached hydrogens (tertiary/aromatic N) is 1. The smallest absolute Gasteiger partial charge is 0.266 e. The van der Waals surface area contributed by atoms with E-state index in [0.717, 1.165) is 5.56 Å². The van der Waals surface area contributed by atoms with Crippen molar-refractivity contribution in [1.82, 2.24) is 0 Å². The molecule has 0 aliphatic carbocycles. The van der Waals surface area contributed by atoms with Crippen LogP contribution in [0, 0.1) is 24.1 Å². The Bertz CT molecular complexity index is 1280. The van der Waals surface area contributed by atoms with Crippen LogP contribution in [0.5, 0.6) is 11.5 Å². The van der Waals surface area contributed by atoms with Crippen molar-refractivity contribution in [2.45, 2.75) is 6.92 Å². The van der Waals surface area contributed by atoms with Gasteiger partial charge in [-0.25, -0.2) is 4.39 Å². The van der Waals surface area contributed by atoms with Crippen molar-refractivity contribution in [3.63, 3.8) is 0 Å². The molecule has 0 bridgehead atoms. The number of rotatable bonds is 8. The molecule has 0 atom stereocenters. The van der Waals surface area contributed by atoms with E-state index in [1.807, 2.05) is 19.1 Å². The molecule has 3 aromatic rings. The van der Waals surface area contributed by atoms with Gasteiger partial charge in [-0.05, 0) is 60.5 Å². The molecule has 0 saturated carbocycles. The van der Waals surface area contributed by atoms with E-state index in [1.165, 1.54) is 31.4 Å². The lowest BCUT2D eigenvalue weighted by atomic mass is 10.1. The average molecular weight is 459 g/mol. The van der Waals surface area contributed by atoms with E-state index in [0.29, 0.717) is 17.0 Å². The first-order chi connectivity index (χ1) is 16.4. The van der Waals surface area contributed by atoms with Crippen LogP contribution < -0.4 is 20.1 Å². The van der Waals surface area contributed by atoms with Crippen molar-refractivity contribution in [2.75, 3.05) is 24.4 Å². The lowest BCUT2D eigenvalue weighted by molar-refractivity contribution is -0.118. The summed E-state index contributed by atoms with van der Waals surface area (Å²) in [5, 5.41) is 14.6. The Morgan fingerprint density at radius 3 is 2.53 bits per heavy atom. The fraction of sp³-hybridized carbons (Fsp3) is 0.115. The van der Waals surface area contributed by atoms with Gasteiger partial charge >= 0.3 is 0 Å². The molecular formula is C26H22FN3O4. The summed E-state index contributed by atoms with van der Waals surface area (Å²) in [5.41, 5.74) is 2.04. The van der Waals surface area contributed by atoms with Gasteiger partial charge in [-0.2, -0.15) is 5.26 Å². The Morgan fingerprint density at radius 2 is 1.82 bits per heavy atom. The number of hydrogen-bond donors (Lipinski definition) is 2. The minimum atomic E-state index is -0.552. The lowest BCUT2D eigenvalue weighted by Gasteiger charge is -2.12. The molecule has 0 aliphatic rings. The summed E-state index contributed by atoms with van der Waals surface area (Å²) < 4.78 is 24.5. The Morgan fingerprint density at radius 1 is 1.03 bits per heavy atom. The van der Waals surface area contributed by atoms with E-state index >= 15 is 0 Å². The maximum atomic E-state index is 13.7. The Kier molecular flexibility index (Phi) is 7.97. The Labute approximate surface area is 196 Å². The third kappa shape index (κ3) is 6.43. The van der Waals surface area contributed by atoms with Gasteiger partial charge in [-0.3, -0.25) is 9.59 Å². The van der Waals surface area contributed by atoms with Crippen molar-refractivity contribution in [2.24, 2.45) is 0 Å². The third-order valence-corrected chi connectivity index (χ3v) is 4.65. The van der Waals surface area contributed by atoms with Crippen LogP contribution in [0.1, 0.15) is 11.1 Å². The largest absolute Gasteiger partial charge is 0.493 e. The zero-order valence-electron chi connectivity index (χ0n) is 18.6. The van der Waals surface area contributed by atoms with Crippen LogP contribution in [0.25, 0.3) is 6.08 Å². The van der Waals surface area contributed by atoms with Crippen LogP contribution in [0.15, 0.2) is 72.3 Å². The molecule has 0 spiro atoms. The zero-order valence-corrected chi connectivity index (χ0v) is 18.6. The number of carbonyl (C=O) groups excluding carboxylic acids is 2. The Hall–Kier alpha value is -4.64. The second-order valence-corrected chi connectivity index (χ2v) is 7.22. The standard InChI is InChI=1S/C26H22FN3O4/c1-17-6-5-7-20(12-17)29-26(32)19(15-28)13-18-10-11-23(24(14-18)33-2)34-16-25(31)30-22-9-4-3-8-21(22)27/h3-14H,16H2,1-2H3,(H,29,32)(H,30,31)/b19-13+. The number of halogens is 1.